The lowest BCUT2D eigenvalue weighted by Gasteiger charge is -2.41. The van der Waals surface area contributed by atoms with Crippen molar-refractivity contribution in [3.8, 4) is 0 Å². The number of esters is 2. The molecule has 6 unspecified atom stereocenters. The second-order valence-corrected chi connectivity index (χ2v) is 15.9. The van der Waals surface area contributed by atoms with Crippen LogP contribution in [0.4, 0.5) is 0 Å². The van der Waals surface area contributed by atoms with E-state index in [0.29, 0.717) is 12.8 Å². The first-order chi connectivity index (χ1) is 25.9. The molecule has 0 aliphatic heterocycles. The van der Waals surface area contributed by atoms with Gasteiger partial charge in [-0.1, -0.05) is 128 Å². The number of unbranched alkanes of at least 4 members (excludes halogenated alkanes) is 17. The van der Waals surface area contributed by atoms with Crippen LogP contribution in [0, 0.1) is 0 Å². The summed E-state index contributed by atoms with van der Waals surface area (Å²) in [6.07, 6.45) is 18.4. The Balaban J connectivity index is 2.46. The molecular formula is C40H73O13P. The first-order valence-electron chi connectivity index (χ1n) is 20.6. The van der Waals surface area contributed by atoms with Crippen LogP contribution in [-0.4, -0.2) is 98.3 Å². The summed E-state index contributed by atoms with van der Waals surface area (Å²) in [5, 5.41) is 49.9. The van der Waals surface area contributed by atoms with Crippen molar-refractivity contribution < 1.29 is 63.1 Å². The largest absolute Gasteiger partial charge is 0.472 e. The Hall–Kier alpha value is -1.67. The topological polar surface area (TPSA) is 210 Å². The Bertz CT molecular complexity index is 1050. The fraction of sp³-hybridized carbons (Fsp3) is 0.850. The minimum absolute atomic E-state index is 0.0960. The average Bonchev–Trinajstić information content (AvgIpc) is 3.15. The maximum Gasteiger partial charge on any atom is 0.472 e. The van der Waals surface area contributed by atoms with E-state index in [1.54, 1.807) is 0 Å². The van der Waals surface area contributed by atoms with E-state index >= 15 is 0 Å². The first-order valence-corrected chi connectivity index (χ1v) is 22.1. The molecule has 1 rings (SSSR count). The van der Waals surface area contributed by atoms with Gasteiger partial charge in [0.05, 0.1) is 6.61 Å². The molecule has 316 valence electrons. The smallest absolute Gasteiger partial charge is 0.462 e. The van der Waals surface area contributed by atoms with Crippen LogP contribution in [0.1, 0.15) is 162 Å². The van der Waals surface area contributed by atoms with Crippen LogP contribution in [0.5, 0.6) is 0 Å². The van der Waals surface area contributed by atoms with Gasteiger partial charge in [0.15, 0.2) is 6.10 Å². The highest BCUT2D eigenvalue weighted by Gasteiger charge is 2.51. The van der Waals surface area contributed by atoms with E-state index in [-0.39, 0.29) is 12.8 Å². The number of hydrogen-bond acceptors (Lipinski definition) is 12. The van der Waals surface area contributed by atoms with Crippen LogP contribution in [-0.2, 0) is 32.7 Å². The third-order valence-corrected chi connectivity index (χ3v) is 10.5. The Kier molecular flexibility index (Phi) is 29.3. The molecule has 0 saturated heterocycles. The number of carbonyl (C=O) groups is 2. The predicted molar refractivity (Wildman–Crippen MR) is 207 cm³/mol. The molecule has 0 aromatic heterocycles. The summed E-state index contributed by atoms with van der Waals surface area (Å²) in [6.45, 7) is 3.20. The quantitative estimate of drug-likeness (QED) is 0.0173. The van der Waals surface area contributed by atoms with E-state index < -0.39 is 75.7 Å². The second kappa shape index (κ2) is 31.4. The van der Waals surface area contributed by atoms with Gasteiger partial charge in [0.25, 0.3) is 0 Å². The number of phosphoric acid groups is 1. The molecule has 0 radical (unpaired) electrons. The van der Waals surface area contributed by atoms with Gasteiger partial charge in [-0.2, -0.15) is 0 Å². The van der Waals surface area contributed by atoms with Crippen LogP contribution < -0.4 is 0 Å². The van der Waals surface area contributed by atoms with Gasteiger partial charge in [-0.25, -0.2) is 4.57 Å². The normalized spacial score (nSPS) is 23.5. The van der Waals surface area contributed by atoms with Gasteiger partial charge in [-0.15, -0.1) is 0 Å². The van der Waals surface area contributed by atoms with E-state index in [1.165, 1.54) is 51.4 Å². The lowest BCUT2D eigenvalue weighted by atomic mass is 9.85. The predicted octanol–water partition coefficient (Wildman–Crippen LogP) is 6.89. The van der Waals surface area contributed by atoms with E-state index in [2.05, 4.69) is 38.2 Å². The van der Waals surface area contributed by atoms with Crippen molar-refractivity contribution in [1.82, 2.24) is 0 Å². The SMILES string of the molecule is CCCCC/C=C/C/C=C/CCCCCCCCCC(=O)OC[C@@H](COP(=O)(O)OC1C(O)C(O)C(O)[C@H](O)C1O)OC(=O)CCCCCCCCCC. The van der Waals surface area contributed by atoms with E-state index in [9.17, 15) is 44.6 Å². The molecule has 1 aliphatic rings. The minimum Gasteiger partial charge on any atom is -0.462 e. The molecule has 6 N–H and O–H groups in total. The number of rotatable bonds is 33. The van der Waals surface area contributed by atoms with E-state index in [0.717, 1.165) is 70.6 Å². The zero-order valence-corrected chi connectivity index (χ0v) is 33.9. The molecule has 13 nitrogen and oxygen atoms in total. The molecule has 0 heterocycles. The van der Waals surface area contributed by atoms with Crippen LogP contribution in [0.3, 0.4) is 0 Å². The van der Waals surface area contributed by atoms with Crippen molar-refractivity contribution in [3.63, 3.8) is 0 Å². The molecule has 1 fully saturated rings. The number of carbonyl (C=O) groups excluding carboxylic acids is 2. The van der Waals surface area contributed by atoms with Crippen molar-refractivity contribution in [3.05, 3.63) is 24.3 Å². The van der Waals surface area contributed by atoms with Crippen LogP contribution in [0.25, 0.3) is 0 Å². The number of hydrogen-bond donors (Lipinski definition) is 6. The fourth-order valence-electron chi connectivity index (χ4n) is 6.14. The Morgan fingerprint density at radius 3 is 1.54 bits per heavy atom. The Labute approximate surface area is 324 Å². The number of aliphatic hydroxyl groups excluding tert-OH is 5. The highest BCUT2D eigenvalue weighted by atomic mass is 31.2. The molecule has 1 aliphatic carbocycles. The van der Waals surface area contributed by atoms with Gasteiger partial charge >= 0.3 is 19.8 Å². The molecule has 1 saturated carbocycles. The van der Waals surface area contributed by atoms with Crippen molar-refractivity contribution in [2.45, 2.75) is 204 Å². The highest BCUT2D eigenvalue weighted by Crippen LogP contribution is 2.47. The van der Waals surface area contributed by atoms with Crippen LogP contribution in [0.15, 0.2) is 24.3 Å². The summed E-state index contributed by atoms with van der Waals surface area (Å²) < 4.78 is 33.3. The van der Waals surface area contributed by atoms with Crippen LogP contribution in [0.2, 0.25) is 0 Å². The van der Waals surface area contributed by atoms with E-state index in [1.807, 2.05) is 0 Å². The molecular weight excluding hydrogens is 719 g/mol. The maximum atomic E-state index is 12.7. The number of ether oxygens (including phenoxy) is 2. The molecule has 0 amide bonds. The standard InChI is InChI=1S/C40H73O13P/c1-3-5-7-9-11-13-14-15-16-17-18-19-20-21-23-24-26-28-33(41)50-30-32(52-34(42)29-27-25-22-12-10-8-6-4-2)31-51-54(48,49)53-40-38(46)36(44)35(43)37(45)39(40)47/h11,13,15-16,32,35-40,43-47H,3-10,12,14,17-31H2,1-2H3,(H,48,49)/b13-11+,16-15+/t32-,35?,36-,37?,38?,39?,40?/m0/s1. The maximum absolute atomic E-state index is 12.7. The van der Waals surface area contributed by atoms with Crippen molar-refractivity contribution in [2.24, 2.45) is 0 Å². The molecule has 0 aromatic carbocycles. The Morgan fingerprint density at radius 2 is 1.00 bits per heavy atom. The summed E-state index contributed by atoms with van der Waals surface area (Å²) in [7, 11) is -5.10. The zero-order chi connectivity index (χ0) is 40.0. The molecule has 0 aromatic rings. The lowest BCUT2D eigenvalue weighted by Crippen LogP contribution is -2.64. The summed E-state index contributed by atoms with van der Waals surface area (Å²) in [6, 6.07) is 0. The third kappa shape index (κ3) is 24.1. The highest BCUT2D eigenvalue weighted by molar-refractivity contribution is 7.47. The Morgan fingerprint density at radius 1 is 0.574 bits per heavy atom. The zero-order valence-electron chi connectivity index (χ0n) is 33.0. The van der Waals surface area contributed by atoms with Gasteiger partial charge < -0.3 is 39.9 Å². The number of phosphoric ester groups is 1. The third-order valence-electron chi connectivity index (χ3n) is 9.55. The van der Waals surface area contributed by atoms with Gasteiger partial charge in [0.2, 0.25) is 0 Å². The van der Waals surface area contributed by atoms with Crippen LogP contribution >= 0.6 is 7.82 Å². The molecule has 54 heavy (non-hydrogen) atoms. The minimum atomic E-state index is -5.10. The molecule has 0 bridgehead atoms. The molecule has 8 atom stereocenters. The second-order valence-electron chi connectivity index (χ2n) is 14.5. The van der Waals surface area contributed by atoms with Crippen molar-refractivity contribution in [1.29, 1.82) is 0 Å². The molecule has 0 spiro atoms. The average molecular weight is 793 g/mol. The van der Waals surface area contributed by atoms with Gasteiger partial charge in [0, 0.05) is 12.8 Å². The van der Waals surface area contributed by atoms with Gasteiger partial charge in [-0.05, 0) is 44.9 Å². The van der Waals surface area contributed by atoms with Gasteiger partial charge in [-0.3, -0.25) is 18.6 Å². The number of allylic oxidation sites excluding steroid dienone is 4. The lowest BCUT2D eigenvalue weighted by molar-refractivity contribution is -0.220. The summed E-state index contributed by atoms with van der Waals surface area (Å²) in [5.41, 5.74) is 0. The monoisotopic (exact) mass is 792 g/mol. The van der Waals surface area contributed by atoms with Crippen molar-refractivity contribution in [2.75, 3.05) is 13.2 Å². The summed E-state index contributed by atoms with van der Waals surface area (Å²) >= 11 is 0. The summed E-state index contributed by atoms with van der Waals surface area (Å²) in [5.74, 6) is -1.11. The van der Waals surface area contributed by atoms with Gasteiger partial charge in [0.1, 0.15) is 43.2 Å². The van der Waals surface area contributed by atoms with Crippen molar-refractivity contribution >= 4 is 19.8 Å². The molecule has 14 heteroatoms. The number of aliphatic hydroxyl groups is 5. The fourth-order valence-corrected chi connectivity index (χ4v) is 7.11. The summed E-state index contributed by atoms with van der Waals surface area (Å²) in [4.78, 5) is 35.4. The first kappa shape index (κ1) is 50.3. The van der Waals surface area contributed by atoms with E-state index in [4.69, 9.17) is 18.5 Å².